The topological polar surface area (TPSA) is 77.5 Å². The number of benzene rings is 1. The Kier molecular flexibility index (Phi) is 5.55. The molecule has 2 aromatic rings. The second-order valence-electron chi connectivity index (χ2n) is 5.03. The van der Waals surface area contributed by atoms with Gasteiger partial charge in [-0.25, -0.2) is 4.39 Å². The van der Waals surface area contributed by atoms with Crippen molar-refractivity contribution < 1.29 is 18.3 Å². The molecule has 5 nitrogen and oxygen atoms in total. The van der Waals surface area contributed by atoms with Crippen molar-refractivity contribution in [3.8, 4) is 5.75 Å². The second-order valence-corrected chi connectivity index (χ2v) is 5.03. The maximum Gasteiger partial charge on any atom is 0.286 e. The SMILES string of the molecule is CC(N)CCNC(=O)c1ccc(COc2ccc(F)cc2)o1. The average Bonchev–Trinajstić information content (AvgIpc) is 2.95. The van der Waals surface area contributed by atoms with E-state index < -0.39 is 0 Å². The monoisotopic (exact) mass is 306 g/mol. The van der Waals surface area contributed by atoms with Crippen molar-refractivity contribution in [1.29, 1.82) is 0 Å². The van der Waals surface area contributed by atoms with E-state index in [1.807, 2.05) is 6.92 Å². The Morgan fingerprint density at radius 1 is 1.32 bits per heavy atom. The van der Waals surface area contributed by atoms with Gasteiger partial charge in [-0.05, 0) is 49.7 Å². The Hall–Kier alpha value is -2.34. The van der Waals surface area contributed by atoms with Gasteiger partial charge in [0.15, 0.2) is 5.76 Å². The number of nitrogens with one attached hydrogen (secondary N) is 1. The molecule has 1 amide bonds. The zero-order valence-electron chi connectivity index (χ0n) is 12.3. The van der Waals surface area contributed by atoms with Gasteiger partial charge in [0.25, 0.3) is 5.91 Å². The molecule has 0 aliphatic heterocycles. The number of halogens is 1. The van der Waals surface area contributed by atoms with E-state index in [4.69, 9.17) is 14.9 Å². The van der Waals surface area contributed by atoms with E-state index in [0.717, 1.165) is 0 Å². The minimum Gasteiger partial charge on any atom is -0.486 e. The second kappa shape index (κ2) is 7.61. The normalized spacial score (nSPS) is 12.0. The highest BCUT2D eigenvalue weighted by atomic mass is 19.1. The van der Waals surface area contributed by atoms with Crippen LogP contribution in [0.25, 0.3) is 0 Å². The van der Waals surface area contributed by atoms with Gasteiger partial charge >= 0.3 is 0 Å². The van der Waals surface area contributed by atoms with Crippen LogP contribution in [0.5, 0.6) is 5.75 Å². The highest BCUT2D eigenvalue weighted by Crippen LogP contribution is 2.15. The lowest BCUT2D eigenvalue weighted by Crippen LogP contribution is -2.28. The van der Waals surface area contributed by atoms with E-state index >= 15 is 0 Å². The number of hydrogen-bond acceptors (Lipinski definition) is 4. The Labute approximate surface area is 128 Å². The van der Waals surface area contributed by atoms with Gasteiger partial charge in [0, 0.05) is 12.6 Å². The lowest BCUT2D eigenvalue weighted by Gasteiger charge is -2.06. The van der Waals surface area contributed by atoms with Gasteiger partial charge in [0.2, 0.25) is 0 Å². The van der Waals surface area contributed by atoms with Crippen LogP contribution in [-0.2, 0) is 6.61 Å². The largest absolute Gasteiger partial charge is 0.486 e. The van der Waals surface area contributed by atoms with E-state index in [9.17, 15) is 9.18 Å². The van der Waals surface area contributed by atoms with Crippen molar-refractivity contribution in [3.63, 3.8) is 0 Å². The van der Waals surface area contributed by atoms with Crippen LogP contribution < -0.4 is 15.8 Å². The third-order valence-corrected chi connectivity index (χ3v) is 2.97. The van der Waals surface area contributed by atoms with Crippen LogP contribution in [0.15, 0.2) is 40.8 Å². The standard InChI is InChI=1S/C16H19FN2O3/c1-11(18)8-9-19-16(20)15-7-6-14(22-15)10-21-13-4-2-12(17)3-5-13/h2-7,11H,8-10,18H2,1H3,(H,19,20). The number of rotatable bonds is 7. The summed E-state index contributed by atoms with van der Waals surface area (Å²) in [5.74, 6) is 0.662. The predicted octanol–water partition coefficient (Wildman–Crippen LogP) is 2.46. The number of furan rings is 1. The molecule has 2 rings (SSSR count). The van der Waals surface area contributed by atoms with Gasteiger partial charge in [-0.1, -0.05) is 0 Å². The highest BCUT2D eigenvalue weighted by Gasteiger charge is 2.11. The lowest BCUT2D eigenvalue weighted by molar-refractivity contribution is 0.0921. The van der Waals surface area contributed by atoms with Crippen LogP contribution in [0.3, 0.4) is 0 Å². The summed E-state index contributed by atoms with van der Waals surface area (Å²) in [4.78, 5) is 11.8. The van der Waals surface area contributed by atoms with Gasteiger partial charge < -0.3 is 20.2 Å². The molecule has 0 aliphatic rings. The molecule has 3 N–H and O–H groups in total. The molecule has 0 saturated carbocycles. The number of ether oxygens (including phenoxy) is 1. The van der Waals surface area contributed by atoms with Crippen LogP contribution in [-0.4, -0.2) is 18.5 Å². The highest BCUT2D eigenvalue weighted by molar-refractivity contribution is 5.91. The van der Waals surface area contributed by atoms with Crippen molar-refractivity contribution in [2.45, 2.75) is 26.0 Å². The van der Waals surface area contributed by atoms with Gasteiger partial charge in [0.1, 0.15) is 23.9 Å². The van der Waals surface area contributed by atoms with Crippen molar-refractivity contribution in [1.82, 2.24) is 5.32 Å². The molecule has 0 bridgehead atoms. The summed E-state index contributed by atoms with van der Waals surface area (Å²) in [7, 11) is 0. The molecular weight excluding hydrogens is 287 g/mol. The summed E-state index contributed by atoms with van der Waals surface area (Å²) in [6.07, 6.45) is 0.701. The van der Waals surface area contributed by atoms with Gasteiger partial charge in [-0.3, -0.25) is 4.79 Å². The van der Waals surface area contributed by atoms with Crippen LogP contribution in [0.2, 0.25) is 0 Å². The van der Waals surface area contributed by atoms with E-state index in [1.54, 1.807) is 12.1 Å². The Bertz CT molecular complexity index is 608. The minimum atomic E-state index is -0.323. The van der Waals surface area contributed by atoms with Crippen molar-refractivity contribution >= 4 is 5.91 Å². The third-order valence-electron chi connectivity index (χ3n) is 2.97. The quantitative estimate of drug-likeness (QED) is 0.824. The maximum atomic E-state index is 12.8. The molecule has 0 fully saturated rings. The van der Waals surface area contributed by atoms with Crippen LogP contribution in [0, 0.1) is 5.82 Å². The zero-order valence-corrected chi connectivity index (χ0v) is 12.3. The first-order chi connectivity index (χ1) is 10.5. The fraction of sp³-hybridized carbons (Fsp3) is 0.312. The molecule has 1 aromatic heterocycles. The first kappa shape index (κ1) is 16.0. The van der Waals surface area contributed by atoms with Crippen LogP contribution in [0.1, 0.15) is 29.7 Å². The minimum absolute atomic E-state index is 0.0385. The summed E-state index contributed by atoms with van der Waals surface area (Å²) in [5.41, 5.74) is 5.61. The number of hydrogen-bond donors (Lipinski definition) is 2. The first-order valence-corrected chi connectivity index (χ1v) is 7.05. The molecule has 0 saturated heterocycles. The van der Waals surface area contributed by atoms with Crippen LogP contribution in [0.4, 0.5) is 4.39 Å². The number of amides is 1. The summed E-state index contributed by atoms with van der Waals surface area (Å²) in [6, 6.07) is 8.98. The number of carbonyl (C=O) groups is 1. The summed E-state index contributed by atoms with van der Waals surface area (Å²) >= 11 is 0. The molecule has 0 radical (unpaired) electrons. The van der Waals surface area contributed by atoms with Gasteiger partial charge in [0.05, 0.1) is 0 Å². The molecule has 1 heterocycles. The van der Waals surface area contributed by atoms with E-state index in [1.165, 1.54) is 24.3 Å². The first-order valence-electron chi connectivity index (χ1n) is 7.05. The lowest BCUT2D eigenvalue weighted by atomic mass is 10.2. The van der Waals surface area contributed by atoms with Crippen molar-refractivity contribution in [2.75, 3.05) is 6.54 Å². The molecular formula is C16H19FN2O3. The predicted molar refractivity (Wildman–Crippen MR) is 80.0 cm³/mol. The van der Waals surface area contributed by atoms with Crippen LogP contribution >= 0.6 is 0 Å². The maximum absolute atomic E-state index is 12.8. The molecule has 22 heavy (non-hydrogen) atoms. The smallest absolute Gasteiger partial charge is 0.286 e. The fourth-order valence-corrected chi connectivity index (χ4v) is 1.76. The van der Waals surface area contributed by atoms with E-state index in [0.29, 0.717) is 24.5 Å². The molecule has 1 unspecified atom stereocenters. The number of nitrogens with two attached hydrogens (primary N) is 1. The summed E-state index contributed by atoms with van der Waals surface area (Å²) < 4.78 is 23.6. The molecule has 1 aromatic carbocycles. The zero-order chi connectivity index (χ0) is 15.9. The van der Waals surface area contributed by atoms with Gasteiger partial charge in [-0.15, -0.1) is 0 Å². The molecule has 0 spiro atoms. The number of carbonyl (C=O) groups excluding carboxylic acids is 1. The van der Waals surface area contributed by atoms with Gasteiger partial charge in [-0.2, -0.15) is 0 Å². The molecule has 6 heteroatoms. The van der Waals surface area contributed by atoms with Crippen molar-refractivity contribution in [2.24, 2.45) is 5.73 Å². The van der Waals surface area contributed by atoms with E-state index in [-0.39, 0.29) is 30.1 Å². The van der Waals surface area contributed by atoms with Crippen molar-refractivity contribution in [3.05, 3.63) is 53.7 Å². The third kappa shape index (κ3) is 4.89. The summed E-state index contributed by atoms with van der Waals surface area (Å²) in [6.45, 7) is 2.54. The Balaban J connectivity index is 1.83. The molecule has 0 aliphatic carbocycles. The summed E-state index contributed by atoms with van der Waals surface area (Å²) in [5, 5.41) is 2.73. The molecule has 118 valence electrons. The fourth-order valence-electron chi connectivity index (χ4n) is 1.76. The Morgan fingerprint density at radius 2 is 2.05 bits per heavy atom. The molecule has 1 atom stereocenters. The average molecular weight is 306 g/mol. The van der Waals surface area contributed by atoms with E-state index in [2.05, 4.69) is 5.32 Å². The Morgan fingerprint density at radius 3 is 2.73 bits per heavy atom.